The fourth-order valence-electron chi connectivity index (χ4n) is 3.86. The minimum Gasteiger partial charge on any atom is -0.311 e. The number of nitrogens with one attached hydrogen (secondary N) is 1. The molecule has 0 bridgehead atoms. The Hall–Kier alpha value is -0.0400. The molecule has 0 aromatic rings. The summed E-state index contributed by atoms with van der Waals surface area (Å²) in [4.78, 5) is 0. The molecule has 3 rings (SSSR count). The van der Waals surface area contributed by atoms with Crippen LogP contribution in [0.1, 0.15) is 44.9 Å². The normalized spacial score (nSPS) is 52.0. The van der Waals surface area contributed by atoms with Gasteiger partial charge in [-0.2, -0.15) is 0 Å². The van der Waals surface area contributed by atoms with E-state index in [0.717, 1.165) is 23.9 Å². The number of rotatable bonds is 0. The lowest BCUT2D eigenvalue weighted by Gasteiger charge is -2.27. The molecule has 1 heterocycles. The fraction of sp³-hybridized carbons (Fsp3) is 1.00. The van der Waals surface area contributed by atoms with Gasteiger partial charge in [-0.3, -0.25) is 0 Å². The van der Waals surface area contributed by atoms with E-state index in [4.69, 9.17) is 0 Å². The molecule has 3 aliphatic rings. The highest BCUT2D eigenvalue weighted by molar-refractivity contribution is 5.01. The molecular formula is C11H19N. The molecule has 1 nitrogen and oxygen atoms in total. The van der Waals surface area contributed by atoms with Crippen LogP contribution in [0.3, 0.4) is 0 Å². The zero-order valence-electron chi connectivity index (χ0n) is 7.76. The molecule has 3 fully saturated rings. The van der Waals surface area contributed by atoms with Crippen LogP contribution in [0.2, 0.25) is 0 Å². The van der Waals surface area contributed by atoms with Crippen molar-refractivity contribution in [2.45, 2.75) is 57.0 Å². The Kier molecular flexibility index (Phi) is 1.68. The highest BCUT2D eigenvalue weighted by Crippen LogP contribution is 2.44. The molecule has 4 unspecified atom stereocenters. The summed E-state index contributed by atoms with van der Waals surface area (Å²) in [7, 11) is 0. The first-order valence-electron chi connectivity index (χ1n) is 5.71. The summed E-state index contributed by atoms with van der Waals surface area (Å²) in [6, 6.07) is 1.85. The van der Waals surface area contributed by atoms with E-state index < -0.39 is 0 Å². The highest BCUT2D eigenvalue weighted by atomic mass is 15.0. The molecule has 0 amide bonds. The van der Waals surface area contributed by atoms with Crippen molar-refractivity contribution >= 4 is 0 Å². The zero-order chi connectivity index (χ0) is 7.97. The Morgan fingerprint density at radius 1 is 0.667 bits per heavy atom. The fourth-order valence-corrected chi connectivity index (χ4v) is 3.86. The van der Waals surface area contributed by atoms with E-state index in [0.29, 0.717) is 0 Å². The molecule has 2 saturated carbocycles. The van der Waals surface area contributed by atoms with Gasteiger partial charge in [0, 0.05) is 12.1 Å². The zero-order valence-corrected chi connectivity index (χ0v) is 7.76. The topological polar surface area (TPSA) is 12.0 Å². The van der Waals surface area contributed by atoms with Crippen LogP contribution in [0.25, 0.3) is 0 Å². The van der Waals surface area contributed by atoms with Crippen molar-refractivity contribution < 1.29 is 0 Å². The first-order chi connectivity index (χ1) is 5.95. The average Bonchev–Trinajstić information content (AvgIpc) is 2.62. The molecular weight excluding hydrogens is 146 g/mol. The third kappa shape index (κ3) is 0.953. The van der Waals surface area contributed by atoms with Crippen molar-refractivity contribution in [1.82, 2.24) is 5.32 Å². The van der Waals surface area contributed by atoms with Gasteiger partial charge >= 0.3 is 0 Å². The third-order valence-corrected chi connectivity index (χ3v) is 4.37. The standard InChI is InChI=1S/C11H19N/c1-2-6-10-8(4-1)9-5-3-7-11(9)12-10/h8-12H,1-7H2. The molecule has 1 N–H and O–H groups in total. The molecule has 2 aliphatic carbocycles. The van der Waals surface area contributed by atoms with Crippen LogP contribution in [0.4, 0.5) is 0 Å². The van der Waals surface area contributed by atoms with E-state index in [1.54, 1.807) is 0 Å². The van der Waals surface area contributed by atoms with Crippen LogP contribution < -0.4 is 5.32 Å². The average molecular weight is 165 g/mol. The minimum absolute atomic E-state index is 0.925. The van der Waals surface area contributed by atoms with Crippen molar-refractivity contribution in [2.75, 3.05) is 0 Å². The Bertz CT molecular complexity index is 178. The molecule has 0 aromatic heterocycles. The lowest BCUT2D eigenvalue weighted by Crippen LogP contribution is -2.32. The van der Waals surface area contributed by atoms with Gasteiger partial charge in [-0.05, 0) is 37.5 Å². The maximum atomic E-state index is 3.85. The van der Waals surface area contributed by atoms with E-state index in [2.05, 4.69) is 5.32 Å². The molecule has 0 radical (unpaired) electrons. The van der Waals surface area contributed by atoms with Crippen LogP contribution in [-0.4, -0.2) is 12.1 Å². The van der Waals surface area contributed by atoms with Gasteiger partial charge in [-0.25, -0.2) is 0 Å². The highest BCUT2D eigenvalue weighted by Gasteiger charge is 2.45. The van der Waals surface area contributed by atoms with E-state index in [-0.39, 0.29) is 0 Å². The van der Waals surface area contributed by atoms with Gasteiger partial charge in [0.05, 0.1) is 0 Å². The summed E-state index contributed by atoms with van der Waals surface area (Å²) in [5.41, 5.74) is 0. The monoisotopic (exact) mass is 165 g/mol. The van der Waals surface area contributed by atoms with Crippen LogP contribution >= 0.6 is 0 Å². The summed E-state index contributed by atoms with van der Waals surface area (Å²) in [6.07, 6.45) is 10.5. The van der Waals surface area contributed by atoms with Crippen LogP contribution in [0, 0.1) is 11.8 Å². The van der Waals surface area contributed by atoms with Gasteiger partial charge in [0.15, 0.2) is 0 Å². The summed E-state index contributed by atoms with van der Waals surface area (Å²) in [5.74, 6) is 2.15. The van der Waals surface area contributed by atoms with E-state index >= 15 is 0 Å². The van der Waals surface area contributed by atoms with Crippen molar-refractivity contribution in [3.63, 3.8) is 0 Å². The van der Waals surface area contributed by atoms with E-state index in [9.17, 15) is 0 Å². The van der Waals surface area contributed by atoms with Gasteiger partial charge in [0.1, 0.15) is 0 Å². The predicted octanol–water partition coefficient (Wildman–Crippen LogP) is 2.32. The Morgan fingerprint density at radius 3 is 2.08 bits per heavy atom. The molecule has 0 spiro atoms. The minimum atomic E-state index is 0.925. The second kappa shape index (κ2) is 2.73. The summed E-state index contributed by atoms with van der Waals surface area (Å²) in [6.45, 7) is 0. The Morgan fingerprint density at radius 2 is 1.25 bits per heavy atom. The van der Waals surface area contributed by atoms with E-state index in [1.807, 2.05) is 0 Å². The molecule has 12 heavy (non-hydrogen) atoms. The van der Waals surface area contributed by atoms with Crippen molar-refractivity contribution in [3.05, 3.63) is 0 Å². The molecule has 0 aromatic carbocycles. The van der Waals surface area contributed by atoms with Crippen molar-refractivity contribution in [1.29, 1.82) is 0 Å². The Balaban J connectivity index is 1.79. The molecule has 1 saturated heterocycles. The molecule has 4 atom stereocenters. The van der Waals surface area contributed by atoms with Gasteiger partial charge in [-0.1, -0.05) is 19.3 Å². The SMILES string of the molecule is C1CCC2C(C1)NC1CCCC12. The van der Waals surface area contributed by atoms with Crippen molar-refractivity contribution in [3.8, 4) is 0 Å². The van der Waals surface area contributed by atoms with Crippen LogP contribution in [0.5, 0.6) is 0 Å². The van der Waals surface area contributed by atoms with Crippen LogP contribution in [-0.2, 0) is 0 Å². The molecule has 1 heteroatoms. The number of hydrogen-bond donors (Lipinski definition) is 1. The number of hydrogen-bond acceptors (Lipinski definition) is 1. The molecule has 1 aliphatic heterocycles. The second-order valence-electron chi connectivity index (χ2n) is 4.92. The van der Waals surface area contributed by atoms with Gasteiger partial charge in [-0.15, -0.1) is 0 Å². The largest absolute Gasteiger partial charge is 0.311 e. The lowest BCUT2D eigenvalue weighted by atomic mass is 9.79. The quantitative estimate of drug-likeness (QED) is 0.581. The third-order valence-electron chi connectivity index (χ3n) is 4.37. The first kappa shape index (κ1) is 7.37. The van der Waals surface area contributed by atoms with Crippen LogP contribution in [0.15, 0.2) is 0 Å². The number of fused-ring (bicyclic) bond motifs is 3. The molecule has 68 valence electrons. The maximum Gasteiger partial charge on any atom is 0.0101 e. The smallest absolute Gasteiger partial charge is 0.0101 e. The Labute approximate surface area is 74.9 Å². The summed E-state index contributed by atoms with van der Waals surface area (Å²) < 4.78 is 0. The van der Waals surface area contributed by atoms with Gasteiger partial charge < -0.3 is 5.32 Å². The second-order valence-corrected chi connectivity index (χ2v) is 4.92. The predicted molar refractivity (Wildman–Crippen MR) is 50.0 cm³/mol. The summed E-state index contributed by atoms with van der Waals surface area (Å²) >= 11 is 0. The van der Waals surface area contributed by atoms with Crippen molar-refractivity contribution in [2.24, 2.45) is 11.8 Å². The summed E-state index contributed by atoms with van der Waals surface area (Å²) in [5, 5.41) is 3.85. The van der Waals surface area contributed by atoms with E-state index in [1.165, 1.54) is 44.9 Å². The first-order valence-corrected chi connectivity index (χ1v) is 5.71. The lowest BCUT2D eigenvalue weighted by molar-refractivity contribution is 0.270. The maximum absolute atomic E-state index is 3.85. The van der Waals surface area contributed by atoms with Gasteiger partial charge in [0.2, 0.25) is 0 Å². The van der Waals surface area contributed by atoms with Gasteiger partial charge in [0.25, 0.3) is 0 Å².